The summed E-state index contributed by atoms with van der Waals surface area (Å²) < 4.78 is 17.9. The number of Topliss-reactive ketones (excluding diaryl/α,β-unsaturated/α-hetero) is 1. The van der Waals surface area contributed by atoms with Gasteiger partial charge in [-0.2, -0.15) is 0 Å². The third-order valence-electron chi connectivity index (χ3n) is 14.8. The first kappa shape index (κ1) is 38.1. The summed E-state index contributed by atoms with van der Waals surface area (Å²) in [7, 11) is 4.72. The lowest BCUT2D eigenvalue weighted by Gasteiger charge is -2.63. The number of carbonyl (C=O) groups excluding carboxylic acids is 3. The molecule has 1 unspecified atom stereocenters. The highest BCUT2D eigenvalue weighted by atomic mass is 16.6. The second kappa shape index (κ2) is 13.3. The van der Waals surface area contributed by atoms with Crippen LogP contribution in [0.3, 0.4) is 0 Å². The van der Waals surface area contributed by atoms with Crippen molar-refractivity contribution in [2.24, 2.45) is 11.3 Å². The predicted molar refractivity (Wildman–Crippen MR) is 214 cm³/mol. The number of benzene rings is 2. The van der Waals surface area contributed by atoms with Crippen molar-refractivity contribution < 1.29 is 38.8 Å². The standard InChI is InChI=1S/C45H54N4O8/c1-7-27-18-28-21-44(36(52)25-50,37-30(24-48(22-27)23-28)29-12-9-10-13-33(29)46-37)32-19-31-34(20-35(32)55-5)47(4)39-43(31)15-17-49-16-11-14-42(8-2,38(43)49)40(57-26(3)51)45(39,54)41(53)56-6/h9-14,18-20,28,38-40,46,50,54H,7-8,15-17,21-25H2,1-6H3/t28-,38-,39-,40-,42+,43-,44-,45+/m1/s1. The number of nitrogens with one attached hydrogen (secondary N) is 1. The van der Waals surface area contributed by atoms with E-state index in [4.69, 9.17) is 14.2 Å². The van der Waals surface area contributed by atoms with Gasteiger partial charge < -0.3 is 34.3 Å². The average molecular weight is 779 g/mol. The van der Waals surface area contributed by atoms with Crippen LogP contribution in [0.1, 0.15) is 68.8 Å². The number of fused-ring (bicyclic) bond motifs is 6. The van der Waals surface area contributed by atoms with Crippen molar-refractivity contribution in [2.75, 3.05) is 59.0 Å². The molecule has 5 aliphatic heterocycles. The maximum absolute atomic E-state index is 15.1. The van der Waals surface area contributed by atoms with Gasteiger partial charge in [-0.3, -0.25) is 19.4 Å². The Labute approximate surface area is 333 Å². The van der Waals surface area contributed by atoms with Gasteiger partial charge in [0.25, 0.3) is 0 Å². The van der Waals surface area contributed by atoms with E-state index >= 15 is 4.79 Å². The lowest BCUT2D eigenvalue weighted by Crippen LogP contribution is -2.81. The first-order valence-corrected chi connectivity index (χ1v) is 20.4. The van der Waals surface area contributed by atoms with Gasteiger partial charge in [0.05, 0.1) is 20.3 Å². The van der Waals surface area contributed by atoms with Crippen LogP contribution in [0.15, 0.2) is 60.2 Å². The lowest BCUT2D eigenvalue weighted by molar-refractivity contribution is -0.228. The maximum atomic E-state index is 15.1. The smallest absolute Gasteiger partial charge is 0.344 e. The van der Waals surface area contributed by atoms with Crippen LogP contribution in [0.4, 0.5) is 5.69 Å². The molecular formula is C45H54N4O8. The second-order valence-electron chi connectivity index (χ2n) is 17.3. The van der Waals surface area contributed by atoms with E-state index in [1.165, 1.54) is 19.6 Å². The average Bonchev–Trinajstić information content (AvgIpc) is 3.87. The molecule has 1 saturated heterocycles. The number of methoxy groups -OCH3 is 2. The fourth-order valence-corrected chi connectivity index (χ4v) is 12.9. The summed E-state index contributed by atoms with van der Waals surface area (Å²) in [4.78, 5) is 53.0. The zero-order valence-electron chi connectivity index (χ0n) is 33.8. The van der Waals surface area contributed by atoms with Gasteiger partial charge in [0, 0.05) is 90.9 Å². The zero-order valence-corrected chi connectivity index (χ0v) is 33.8. The normalized spacial score (nSPS) is 35.0. The molecule has 57 heavy (non-hydrogen) atoms. The van der Waals surface area contributed by atoms with Crippen LogP contribution in [-0.4, -0.2) is 121 Å². The van der Waals surface area contributed by atoms with Crippen molar-refractivity contribution in [1.82, 2.24) is 14.8 Å². The van der Waals surface area contributed by atoms with Crippen molar-refractivity contribution in [1.29, 1.82) is 0 Å². The van der Waals surface area contributed by atoms with Crippen molar-refractivity contribution >= 4 is 34.3 Å². The van der Waals surface area contributed by atoms with Gasteiger partial charge in [-0.05, 0) is 61.4 Å². The third kappa shape index (κ3) is 4.84. The van der Waals surface area contributed by atoms with Crippen LogP contribution in [0, 0.1) is 11.3 Å². The summed E-state index contributed by atoms with van der Waals surface area (Å²) in [5.41, 5.74) is 0.771. The Bertz CT molecular complexity index is 2250. The number of para-hydroxylation sites is 1. The Kier molecular flexibility index (Phi) is 8.86. The van der Waals surface area contributed by atoms with Crippen LogP contribution >= 0.6 is 0 Å². The predicted octanol–water partition coefficient (Wildman–Crippen LogP) is 4.14. The molecule has 2 aromatic carbocycles. The number of ketones is 1. The molecule has 1 spiro atoms. The molecule has 9 atom stereocenters. The molecule has 6 aliphatic rings. The number of hydrogen-bond donors (Lipinski definition) is 3. The van der Waals surface area contributed by atoms with Gasteiger partial charge >= 0.3 is 11.9 Å². The van der Waals surface area contributed by atoms with Crippen LogP contribution in [0.2, 0.25) is 0 Å². The summed E-state index contributed by atoms with van der Waals surface area (Å²) in [6, 6.07) is 11.0. The molecule has 2 bridgehead atoms. The number of aliphatic hydroxyl groups is 2. The molecule has 0 radical (unpaired) electrons. The summed E-state index contributed by atoms with van der Waals surface area (Å²) in [6.07, 6.45) is 7.52. The number of esters is 2. The number of aromatic nitrogens is 1. The Balaban J connectivity index is 1.37. The molecule has 2 fully saturated rings. The molecule has 9 rings (SSSR count). The Morgan fingerprint density at radius 3 is 2.54 bits per heavy atom. The molecule has 302 valence electrons. The molecule has 1 aromatic heterocycles. The van der Waals surface area contributed by atoms with E-state index in [2.05, 4.69) is 52.1 Å². The highest BCUT2D eigenvalue weighted by molar-refractivity contribution is 5.99. The Hall–Kier alpha value is -4.49. The van der Waals surface area contributed by atoms with Gasteiger partial charge in [0.1, 0.15) is 17.8 Å². The SMILES string of the molecule is CCC1=C[C@H]2CN(C1)Cc1c([nH]c3ccccc13)[C@@](C(=O)CO)(c1cc3c(cc1OC)N(C)[C@H]1[C@@](O)(C(=O)OC)[C@H](OC(C)=O)[C@@]4(CC)C=CCN5CC[C@]31[C@H]54)C2. The van der Waals surface area contributed by atoms with E-state index in [0.29, 0.717) is 50.2 Å². The first-order chi connectivity index (χ1) is 27.4. The van der Waals surface area contributed by atoms with Crippen LogP contribution in [0.25, 0.3) is 10.9 Å². The van der Waals surface area contributed by atoms with E-state index in [1.54, 1.807) is 7.11 Å². The maximum Gasteiger partial charge on any atom is 0.344 e. The van der Waals surface area contributed by atoms with Crippen molar-refractivity contribution in [2.45, 2.75) is 87.6 Å². The molecule has 12 heteroatoms. The topological polar surface area (TPSA) is 145 Å². The first-order valence-electron chi connectivity index (χ1n) is 20.4. The van der Waals surface area contributed by atoms with E-state index in [-0.39, 0.29) is 17.7 Å². The number of aliphatic hydroxyl groups excluding tert-OH is 1. The molecule has 1 aliphatic carbocycles. The number of anilines is 1. The van der Waals surface area contributed by atoms with Gasteiger partial charge in [-0.15, -0.1) is 0 Å². The largest absolute Gasteiger partial charge is 0.496 e. The lowest BCUT2D eigenvalue weighted by atomic mass is 9.47. The molecule has 3 aromatic rings. The van der Waals surface area contributed by atoms with Crippen LogP contribution in [0.5, 0.6) is 5.75 Å². The minimum absolute atomic E-state index is 0.00270. The van der Waals surface area contributed by atoms with Crippen LogP contribution in [-0.2, 0) is 41.2 Å². The third-order valence-corrected chi connectivity index (χ3v) is 14.8. The van der Waals surface area contributed by atoms with E-state index in [1.807, 2.05) is 43.1 Å². The molecule has 6 heterocycles. The number of likely N-dealkylation sites (N-methyl/N-ethyl adjacent to an activating group) is 1. The molecule has 1 saturated carbocycles. The quantitative estimate of drug-likeness (QED) is 0.224. The molecule has 0 amide bonds. The second-order valence-corrected chi connectivity index (χ2v) is 17.3. The number of H-pyrrole nitrogens is 1. The summed E-state index contributed by atoms with van der Waals surface area (Å²) in [5.74, 6) is -1.34. The summed E-state index contributed by atoms with van der Waals surface area (Å²) in [6.45, 7) is 8.37. The van der Waals surface area contributed by atoms with E-state index < -0.39 is 52.5 Å². The van der Waals surface area contributed by atoms with Gasteiger partial charge in [-0.25, -0.2) is 4.79 Å². The van der Waals surface area contributed by atoms with Crippen molar-refractivity contribution in [3.05, 3.63) is 82.6 Å². The van der Waals surface area contributed by atoms with E-state index in [0.717, 1.165) is 52.9 Å². The van der Waals surface area contributed by atoms with Gasteiger partial charge in [0.15, 0.2) is 11.9 Å². The van der Waals surface area contributed by atoms with E-state index in [9.17, 15) is 19.8 Å². The Morgan fingerprint density at radius 1 is 1.05 bits per heavy atom. The Morgan fingerprint density at radius 2 is 1.84 bits per heavy atom. The van der Waals surface area contributed by atoms with Crippen LogP contribution < -0.4 is 9.64 Å². The van der Waals surface area contributed by atoms with Gasteiger partial charge in [0.2, 0.25) is 5.60 Å². The summed E-state index contributed by atoms with van der Waals surface area (Å²) in [5, 5.41) is 25.4. The molecule has 12 nitrogen and oxygen atoms in total. The number of aromatic amines is 1. The summed E-state index contributed by atoms with van der Waals surface area (Å²) >= 11 is 0. The fraction of sp³-hybridized carbons (Fsp3) is 0.533. The number of hydrogen-bond acceptors (Lipinski definition) is 11. The highest BCUT2D eigenvalue weighted by Gasteiger charge is 2.80. The number of carbonyl (C=O) groups is 3. The van der Waals surface area contributed by atoms with Crippen molar-refractivity contribution in [3.8, 4) is 5.75 Å². The highest BCUT2D eigenvalue weighted by Crippen LogP contribution is 2.68. The van der Waals surface area contributed by atoms with Gasteiger partial charge in [-0.1, -0.05) is 55.8 Å². The minimum Gasteiger partial charge on any atom is -0.496 e. The number of rotatable bonds is 8. The number of nitrogens with zero attached hydrogens (tertiary/aromatic N) is 3. The fourth-order valence-electron chi connectivity index (χ4n) is 12.9. The molecule has 3 N–H and O–H groups in total. The molecular weight excluding hydrogens is 725 g/mol. The monoisotopic (exact) mass is 778 g/mol. The minimum atomic E-state index is -2.29. The number of ether oxygens (including phenoxy) is 3. The zero-order chi connectivity index (χ0) is 40.2. The van der Waals surface area contributed by atoms with Crippen molar-refractivity contribution in [3.63, 3.8) is 0 Å².